The Morgan fingerprint density at radius 2 is 0.655 bits per heavy atom. The molecule has 0 fully saturated rings. The van der Waals surface area contributed by atoms with E-state index in [2.05, 4.69) is 13.8 Å². The van der Waals surface area contributed by atoms with Crippen molar-refractivity contribution in [1.82, 2.24) is 0 Å². The molecule has 0 rings (SSSR count). The van der Waals surface area contributed by atoms with Crippen LogP contribution in [0.5, 0.6) is 0 Å². The molecule has 0 aliphatic carbocycles. The third kappa shape index (κ3) is 24.4. The summed E-state index contributed by atoms with van der Waals surface area (Å²) in [5, 5.41) is 0. The molecule has 5 heteroatoms. The molecular weight excluding hydrogens is 400 g/mol. The highest BCUT2D eigenvalue weighted by molar-refractivity contribution is 7.93. The van der Waals surface area contributed by atoms with Gasteiger partial charge in [0, 0.05) is 0 Å². The van der Waals surface area contributed by atoms with E-state index >= 15 is 0 Å². The number of hydrogen-bond acceptors (Lipinski definition) is 3. The minimum atomic E-state index is -1.38. The molecular formula is C24H50O3S2. The van der Waals surface area contributed by atoms with Gasteiger partial charge in [-0.25, -0.2) is 8.42 Å². The minimum absolute atomic E-state index is 0.528. The van der Waals surface area contributed by atoms with Crippen LogP contribution in [0.25, 0.3) is 0 Å². The number of unbranched alkanes of at least 4 members (excludes halogenated alkanes) is 18. The van der Waals surface area contributed by atoms with Crippen molar-refractivity contribution in [1.29, 1.82) is 0 Å². The van der Waals surface area contributed by atoms with Gasteiger partial charge < -0.3 is 0 Å². The van der Waals surface area contributed by atoms with Crippen LogP contribution in [0.4, 0.5) is 0 Å². The van der Waals surface area contributed by atoms with Crippen molar-refractivity contribution in [3.63, 3.8) is 0 Å². The summed E-state index contributed by atoms with van der Waals surface area (Å²) in [7, 11) is 0. The Kier molecular flexibility index (Phi) is 24.7. The van der Waals surface area contributed by atoms with E-state index in [0.29, 0.717) is 11.5 Å². The fourth-order valence-electron chi connectivity index (χ4n) is 3.57. The van der Waals surface area contributed by atoms with Crippen LogP contribution in [0.1, 0.15) is 142 Å². The second kappa shape index (κ2) is 24.5. The zero-order valence-electron chi connectivity index (χ0n) is 19.6. The monoisotopic (exact) mass is 450 g/mol. The first-order chi connectivity index (χ1) is 14.2. The molecule has 176 valence electrons. The Balaban J connectivity index is 3.32. The molecule has 29 heavy (non-hydrogen) atoms. The van der Waals surface area contributed by atoms with Gasteiger partial charge in [-0.3, -0.25) is 0 Å². The van der Waals surface area contributed by atoms with Gasteiger partial charge in [-0.05, 0) is 12.8 Å². The van der Waals surface area contributed by atoms with Crippen LogP contribution in [0.2, 0.25) is 0 Å². The molecule has 0 amide bonds. The van der Waals surface area contributed by atoms with Gasteiger partial charge in [-0.15, -0.1) is 0 Å². The van der Waals surface area contributed by atoms with Gasteiger partial charge in [-0.2, -0.15) is 3.63 Å². The summed E-state index contributed by atoms with van der Waals surface area (Å²) in [6.45, 7) is 4.50. The summed E-state index contributed by atoms with van der Waals surface area (Å²) >= 11 is -2.75. The lowest BCUT2D eigenvalue weighted by molar-refractivity contribution is 0.545. The maximum atomic E-state index is 11.9. The average molecular weight is 451 g/mol. The van der Waals surface area contributed by atoms with E-state index in [1.807, 2.05) is 0 Å². The molecule has 0 unspecified atom stereocenters. The standard InChI is InChI=1S/C24H50O3S2/c1-3-5-7-9-11-13-15-17-19-21-23-28(25)27-29(26)24-22-20-18-16-14-12-10-8-6-4-2/h3-24H2,1-2H3. The van der Waals surface area contributed by atoms with Crippen LogP contribution in [-0.4, -0.2) is 19.9 Å². The molecule has 0 atom stereocenters. The van der Waals surface area contributed by atoms with Crippen molar-refractivity contribution >= 4 is 22.2 Å². The average Bonchev–Trinajstić information content (AvgIpc) is 2.70. The normalized spacial score (nSPS) is 13.6. The second-order valence-corrected chi connectivity index (χ2v) is 11.0. The number of hydrogen-bond donors (Lipinski definition) is 0. The Morgan fingerprint density at radius 3 is 0.931 bits per heavy atom. The van der Waals surface area contributed by atoms with E-state index in [4.69, 9.17) is 3.63 Å². The first-order valence-corrected chi connectivity index (χ1v) is 15.1. The van der Waals surface area contributed by atoms with Gasteiger partial charge >= 0.3 is 0 Å². The molecule has 0 aliphatic rings. The first-order valence-electron chi connectivity index (χ1n) is 12.7. The fraction of sp³-hybridized carbons (Fsp3) is 1.00. The van der Waals surface area contributed by atoms with Gasteiger partial charge in [0.1, 0.15) is 0 Å². The van der Waals surface area contributed by atoms with Crippen molar-refractivity contribution < 1.29 is 12.0 Å². The Morgan fingerprint density at radius 1 is 0.414 bits per heavy atom. The Bertz CT molecular complexity index is 341. The molecule has 0 spiro atoms. The molecule has 0 saturated heterocycles. The third-order valence-electron chi connectivity index (χ3n) is 5.48. The van der Waals surface area contributed by atoms with Crippen LogP contribution in [0, 0.1) is 0 Å². The quantitative estimate of drug-likeness (QED) is 0.139. The van der Waals surface area contributed by atoms with Crippen molar-refractivity contribution in [2.75, 3.05) is 11.5 Å². The SMILES string of the molecule is CCCCCCCCCCCCS(=O)OS(=O)CCCCCCCCCCCC. The topological polar surface area (TPSA) is 43.4 Å². The summed E-state index contributed by atoms with van der Waals surface area (Å²) in [5.41, 5.74) is 0. The summed E-state index contributed by atoms with van der Waals surface area (Å²) in [5.74, 6) is 1.06. The van der Waals surface area contributed by atoms with Gasteiger partial charge in [0.2, 0.25) is 0 Å². The zero-order chi connectivity index (χ0) is 21.4. The van der Waals surface area contributed by atoms with E-state index < -0.39 is 22.2 Å². The van der Waals surface area contributed by atoms with E-state index in [9.17, 15) is 8.42 Å². The lowest BCUT2D eigenvalue weighted by Crippen LogP contribution is -2.08. The van der Waals surface area contributed by atoms with Crippen molar-refractivity contribution in [3.8, 4) is 0 Å². The molecule has 0 saturated carbocycles. The highest BCUT2D eigenvalue weighted by atomic mass is 32.3. The molecule has 0 aliphatic heterocycles. The largest absolute Gasteiger partial charge is 0.229 e. The van der Waals surface area contributed by atoms with Crippen LogP contribution >= 0.6 is 0 Å². The fourth-order valence-corrected chi connectivity index (χ4v) is 5.67. The molecule has 0 N–H and O–H groups in total. The van der Waals surface area contributed by atoms with Crippen LogP contribution in [0.15, 0.2) is 0 Å². The van der Waals surface area contributed by atoms with Gasteiger partial charge in [-0.1, -0.05) is 129 Å². The van der Waals surface area contributed by atoms with Crippen molar-refractivity contribution in [2.45, 2.75) is 142 Å². The number of rotatable bonds is 24. The van der Waals surface area contributed by atoms with E-state index in [1.165, 1.54) is 103 Å². The van der Waals surface area contributed by atoms with Gasteiger partial charge in [0.05, 0.1) is 11.5 Å². The summed E-state index contributed by atoms with van der Waals surface area (Å²) in [6, 6.07) is 0. The summed E-state index contributed by atoms with van der Waals surface area (Å²) in [4.78, 5) is 0. The van der Waals surface area contributed by atoms with Gasteiger partial charge in [0.25, 0.3) is 0 Å². The summed E-state index contributed by atoms with van der Waals surface area (Å²) < 4.78 is 28.9. The lowest BCUT2D eigenvalue weighted by atomic mass is 10.1. The highest BCUT2D eigenvalue weighted by Gasteiger charge is 2.07. The molecule has 3 nitrogen and oxygen atoms in total. The molecule has 0 aromatic rings. The highest BCUT2D eigenvalue weighted by Crippen LogP contribution is 2.12. The molecule has 0 bridgehead atoms. The molecule has 0 aromatic carbocycles. The van der Waals surface area contributed by atoms with E-state index in [1.54, 1.807) is 0 Å². The van der Waals surface area contributed by atoms with Crippen LogP contribution in [0.3, 0.4) is 0 Å². The van der Waals surface area contributed by atoms with Crippen LogP contribution < -0.4 is 0 Å². The second-order valence-electron chi connectivity index (χ2n) is 8.45. The molecule has 0 radical (unpaired) electrons. The lowest BCUT2D eigenvalue weighted by Gasteiger charge is -2.04. The third-order valence-corrected chi connectivity index (χ3v) is 7.94. The van der Waals surface area contributed by atoms with E-state index in [-0.39, 0.29) is 0 Å². The van der Waals surface area contributed by atoms with Crippen molar-refractivity contribution in [3.05, 3.63) is 0 Å². The summed E-state index contributed by atoms with van der Waals surface area (Å²) in [6.07, 6.45) is 25.2. The van der Waals surface area contributed by atoms with Crippen LogP contribution in [-0.2, 0) is 25.8 Å². The maximum Gasteiger partial charge on any atom is 0.169 e. The van der Waals surface area contributed by atoms with Crippen molar-refractivity contribution in [2.24, 2.45) is 0 Å². The first kappa shape index (κ1) is 29.3. The Labute approximate surface area is 187 Å². The maximum absolute atomic E-state index is 11.9. The van der Waals surface area contributed by atoms with Gasteiger partial charge in [0.15, 0.2) is 22.2 Å². The Hall–Kier alpha value is 0.260. The minimum Gasteiger partial charge on any atom is -0.229 e. The smallest absolute Gasteiger partial charge is 0.169 e. The molecule has 0 heterocycles. The zero-order valence-corrected chi connectivity index (χ0v) is 21.2. The van der Waals surface area contributed by atoms with E-state index in [0.717, 1.165) is 25.7 Å². The molecule has 0 aromatic heterocycles. The predicted octanol–water partition coefficient (Wildman–Crippen LogP) is 8.17. The predicted molar refractivity (Wildman–Crippen MR) is 131 cm³/mol.